The van der Waals surface area contributed by atoms with E-state index in [9.17, 15) is 14.0 Å². The van der Waals surface area contributed by atoms with Gasteiger partial charge in [0.05, 0.1) is 16.8 Å². The molecule has 0 fully saturated rings. The second-order valence-electron chi connectivity index (χ2n) is 5.53. The first-order chi connectivity index (χ1) is 12.0. The molecule has 25 heavy (non-hydrogen) atoms. The Hall–Kier alpha value is -3.28. The van der Waals surface area contributed by atoms with Crippen molar-refractivity contribution in [2.75, 3.05) is 0 Å². The van der Waals surface area contributed by atoms with Crippen LogP contribution in [0.15, 0.2) is 54.6 Å². The molecule has 5 nitrogen and oxygen atoms in total. The number of pyridine rings is 1. The standard InChI is InChI=1S/C19H15FN2O3/c1-11(18(21)23)25-19(24)15-10-17(12-6-8-13(20)9-7-12)22-16-5-3-2-4-14(15)16/h2-11H,1H3,(H2,21,23)/t11-/m0/s1. The second-order valence-corrected chi connectivity index (χ2v) is 5.53. The van der Waals surface area contributed by atoms with Gasteiger partial charge in [-0.1, -0.05) is 18.2 Å². The first kappa shape index (κ1) is 16.6. The highest BCUT2D eigenvalue weighted by Crippen LogP contribution is 2.26. The molecule has 0 aliphatic rings. The molecule has 0 bridgehead atoms. The van der Waals surface area contributed by atoms with Crippen LogP contribution in [-0.4, -0.2) is 23.0 Å². The Bertz CT molecular complexity index is 955. The molecule has 0 aliphatic carbocycles. The molecule has 0 radical (unpaired) electrons. The highest BCUT2D eigenvalue weighted by Gasteiger charge is 2.19. The zero-order chi connectivity index (χ0) is 18.0. The highest BCUT2D eigenvalue weighted by atomic mass is 19.1. The third-order valence-corrected chi connectivity index (χ3v) is 3.76. The quantitative estimate of drug-likeness (QED) is 0.741. The number of amides is 1. The SMILES string of the molecule is C[C@H](OC(=O)c1cc(-c2ccc(F)cc2)nc2ccccc12)C(N)=O. The first-order valence-electron chi connectivity index (χ1n) is 7.62. The Balaban J connectivity index is 2.11. The van der Waals surface area contributed by atoms with E-state index in [1.54, 1.807) is 42.5 Å². The Morgan fingerprint density at radius 2 is 1.80 bits per heavy atom. The van der Waals surface area contributed by atoms with E-state index in [1.807, 2.05) is 0 Å². The summed E-state index contributed by atoms with van der Waals surface area (Å²) in [6, 6.07) is 14.4. The third kappa shape index (κ3) is 3.47. The number of para-hydroxylation sites is 1. The molecular weight excluding hydrogens is 323 g/mol. The Morgan fingerprint density at radius 3 is 2.48 bits per heavy atom. The number of halogens is 1. The van der Waals surface area contributed by atoms with Crippen molar-refractivity contribution in [2.45, 2.75) is 13.0 Å². The molecule has 126 valence electrons. The average Bonchev–Trinajstić information content (AvgIpc) is 2.61. The molecular formula is C19H15FN2O3. The maximum absolute atomic E-state index is 13.1. The fraction of sp³-hybridized carbons (Fsp3) is 0.105. The highest BCUT2D eigenvalue weighted by molar-refractivity contribution is 6.05. The van der Waals surface area contributed by atoms with Gasteiger partial charge in [-0.2, -0.15) is 0 Å². The minimum atomic E-state index is -1.05. The van der Waals surface area contributed by atoms with Crippen molar-refractivity contribution in [3.05, 3.63) is 66.0 Å². The maximum Gasteiger partial charge on any atom is 0.339 e. The number of nitrogens with two attached hydrogens (primary N) is 1. The van der Waals surface area contributed by atoms with Gasteiger partial charge in [-0.25, -0.2) is 14.2 Å². The van der Waals surface area contributed by atoms with Gasteiger partial charge in [-0.05, 0) is 43.3 Å². The number of hydrogen-bond donors (Lipinski definition) is 1. The molecule has 2 aromatic carbocycles. The topological polar surface area (TPSA) is 82.3 Å². The van der Waals surface area contributed by atoms with Gasteiger partial charge in [0.25, 0.3) is 5.91 Å². The fourth-order valence-electron chi connectivity index (χ4n) is 2.39. The number of benzene rings is 2. The molecule has 1 amide bonds. The molecule has 1 aromatic heterocycles. The fourth-order valence-corrected chi connectivity index (χ4v) is 2.39. The predicted octanol–water partition coefficient (Wildman–Crippen LogP) is 3.07. The summed E-state index contributed by atoms with van der Waals surface area (Å²) in [4.78, 5) is 28.2. The van der Waals surface area contributed by atoms with Crippen LogP contribution in [0.1, 0.15) is 17.3 Å². The van der Waals surface area contributed by atoms with E-state index >= 15 is 0 Å². The van der Waals surface area contributed by atoms with Gasteiger partial charge in [0.2, 0.25) is 0 Å². The third-order valence-electron chi connectivity index (χ3n) is 3.76. The van der Waals surface area contributed by atoms with Crippen molar-refractivity contribution in [2.24, 2.45) is 5.73 Å². The monoisotopic (exact) mass is 338 g/mol. The minimum Gasteiger partial charge on any atom is -0.449 e. The Morgan fingerprint density at radius 1 is 1.12 bits per heavy atom. The zero-order valence-electron chi connectivity index (χ0n) is 13.4. The number of primary amides is 1. The number of ether oxygens (including phenoxy) is 1. The van der Waals surface area contributed by atoms with Crippen LogP contribution in [0.25, 0.3) is 22.2 Å². The number of hydrogen-bond acceptors (Lipinski definition) is 4. The largest absolute Gasteiger partial charge is 0.449 e. The Kier molecular flexibility index (Phi) is 4.43. The summed E-state index contributed by atoms with van der Waals surface area (Å²) >= 11 is 0. The number of carbonyl (C=O) groups excluding carboxylic acids is 2. The van der Waals surface area contributed by atoms with Crippen molar-refractivity contribution < 1.29 is 18.7 Å². The normalized spacial score (nSPS) is 11.9. The second kappa shape index (κ2) is 6.68. The predicted molar refractivity (Wildman–Crippen MR) is 91.2 cm³/mol. The van der Waals surface area contributed by atoms with Gasteiger partial charge >= 0.3 is 5.97 Å². The van der Waals surface area contributed by atoms with Crippen LogP contribution in [-0.2, 0) is 9.53 Å². The van der Waals surface area contributed by atoms with E-state index in [1.165, 1.54) is 19.1 Å². The molecule has 1 heterocycles. The van der Waals surface area contributed by atoms with E-state index in [0.29, 0.717) is 22.2 Å². The lowest BCUT2D eigenvalue weighted by atomic mass is 10.0. The van der Waals surface area contributed by atoms with Crippen molar-refractivity contribution in [3.8, 4) is 11.3 Å². The van der Waals surface area contributed by atoms with E-state index < -0.39 is 18.0 Å². The van der Waals surface area contributed by atoms with Crippen molar-refractivity contribution in [1.82, 2.24) is 4.98 Å². The summed E-state index contributed by atoms with van der Waals surface area (Å²) in [7, 11) is 0. The molecule has 0 saturated carbocycles. The van der Waals surface area contributed by atoms with Crippen LogP contribution in [0, 0.1) is 5.82 Å². The summed E-state index contributed by atoms with van der Waals surface area (Å²) in [6.07, 6.45) is -1.05. The molecule has 3 aromatic rings. The lowest BCUT2D eigenvalue weighted by molar-refractivity contribution is -0.125. The van der Waals surface area contributed by atoms with E-state index in [-0.39, 0.29) is 11.4 Å². The van der Waals surface area contributed by atoms with Crippen LogP contribution in [0.3, 0.4) is 0 Å². The zero-order valence-corrected chi connectivity index (χ0v) is 13.4. The summed E-state index contributed by atoms with van der Waals surface area (Å²) in [5, 5.41) is 0.593. The molecule has 0 saturated heterocycles. The van der Waals surface area contributed by atoms with Crippen LogP contribution in [0.5, 0.6) is 0 Å². The minimum absolute atomic E-state index is 0.262. The molecule has 3 rings (SSSR count). The number of aromatic nitrogens is 1. The average molecular weight is 338 g/mol. The number of nitrogens with zero attached hydrogens (tertiary/aromatic N) is 1. The maximum atomic E-state index is 13.1. The number of carbonyl (C=O) groups is 2. The van der Waals surface area contributed by atoms with Gasteiger partial charge in [-0.3, -0.25) is 4.79 Å². The van der Waals surface area contributed by atoms with Crippen LogP contribution in [0.4, 0.5) is 4.39 Å². The van der Waals surface area contributed by atoms with Gasteiger partial charge in [0.1, 0.15) is 5.82 Å². The smallest absolute Gasteiger partial charge is 0.339 e. The van der Waals surface area contributed by atoms with Crippen molar-refractivity contribution >= 4 is 22.8 Å². The molecule has 0 unspecified atom stereocenters. The summed E-state index contributed by atoms with van der Waals surface area (Å²) in [5.74, 6) is -1.77. The first-order valence-corrected chi connectivity index (χ1v) is 7.62. The van der Waals surface area contributed by atoms with E-state index in [0.717, 1.165) is 0 Å². The summed E-state index contributed by atoms with van der Waals surface area (Å²) in [5.41, 5.74) is 7.15. The molecule has 0 aliphatic heterocycles. The molecule has 0 spiro atoms. The van der Waals surface area contributed by atoms with Gasteiger partial charge < -0.3 is 10.5 Å². The van der Waals surface area contributed by atoms with Gasteiger partial charge in [0, 0.05) is 10.9 Å². The Labute approximate surface area is 143 Å². The molecule has 1 atom stereocenters. The van der Waals surface area contributed by atoms with Gasteiger partial charge in [0.15, 0.2) is 6.10 Å². The number of fused-ring (bicyclic) bond motifs is 1. The van der Waals surface area contributed by atoms with Crippen LogP contribution in [0.2, 0.25) is 0 Å². The lowest BCUT2D eigenvalue weighted by Gasteiger charge is -2.12. The van der Waals surface area contributed by atoms with Crippen molar-refractivity contribution in [1.29, 1.82) is 0 Å². The van der Waals surface area contributed by atoms with Crippen LogP contribution < -0.4 is 5.73 Å². The summed E-state index contributed by atoms with van der Waals surface area (Å²) in [6.45, 7) is 1.41. The van der Waals surface area contributed by atoms with E-state index in [2.05, 4.69) is 4.98 Å². The van der Waals surface area contributed by atoms with Crippen LogP contribution >= 0.6 is 0 Å². The molecule has 2 N–H and O–H groups in total. The van der Waals surface area contributed by atoms with Crippen molar-refractivity contribution in [3.63, 3.8) is 0 Å². The number of rotatable bonds is 4. The molecule has 6 heteroatoms. The van der Waals surface area contributed by atoms with Gasteiger partial charge in [-0.15, -0.1) is 0 Å². The van der Waals surface area contributed by atoms with E-state index in [4.69, 9.17) is 10.5 Å². The summed E-state index contributed by atoms with van der Waals surface area (Å²) < 4.78 is 18.3. The lowest BCUT2D eigenvalue weighted by Crippen LogP contribution is -2.30. The number of esters is 1.